The molecule has 1 amide bonds. The summed E-state index contributed by atoms with van der Waals surface area (Å²) in [5, 5.41) is 12.7. The topological polar surface area (TPSA) is 75.6 Å². The molecular formula is C15H16ClNO4. The number of carbonyl (C=O) groups is 2. The third-order valence-corrected chi connectivity index (χ3v) is 4.49. The molecule has 2 N–H and O–H groups in total. The maximum atomic E-state index is 12.3. The number of hydrogen-bond donors (Lipinski definition) is 2. The zero-order chi connectivity index (χ0) is 15.0. The largest absolute Gasteiger partial charge is 0.481 e. The van der Waals surface area contributed by atoms with Crippen molar-refractivity contribution >= 4 is 23.5 Å². The number of amides is 1. The SMILES string of the molecule is O=C(O)[C@@H]1[C@H](C(=O)NCc2ccc(Cl)cc2)[C@@H]2CC[C@@H]1O2. The average Bonchev–Trinajstić information content (AvgIpc) is 3.06. The highest BCUT2D eigenvalue weighted by Gasteiger charge is 2.55. The summed E-state index contributed by atoms with van der Waals surface area (Å²) in [6, 6.07) is 7.16. The standard InChI is InChI=1S/C15H16ClNO4/c16-9-3-1-8(2-4-9)7-17-14(18)12-10-5-6-11(21-10)13(12)15(19)20/h1-4,10-13H,5-7H2,(H,17,18)(H,19,20)/t10-,11-,12+,13-/m0/s1. The van der Waals surface area contributed by atoms with Gasteiger partial charge in [-0.2, -0.15) is 0 Å². The lowest BCUT2D eigenvalue weighted by Crippen LogP contribution is -2.43. The third kappa shape index (κ3) is 2.76. The van der Waals surface area contributed by atoms with Gasteiger partial charge in [-0.3, -0.25) is 9.59 Å². The van der Waals surface area contributed by atoms with Crippen LogP contribution in [-0.2, 0) is 20.9 Å². The van der Waals surface area contributed by atoms with Crippen molar-refractivity contribution in [1.29, 1.82) is 0 Å². The molecule has 0 saturated carbocycles. The van der Waals surface area contributed by atoms with Crippen LogP contribution in [0.25, 0.3) is 0 Å². The van der Waals surface area contributed by atoms with Crippen LogP contribution in [-0.4, -0.2) is 29.2 Å². The normalized spacial score (nSPS) is 30.3. The number of benzene rings is 1. The lowest BCUT2D eigenvalue weighted by Gasteiger charge is -2.23. The predicted octanol–water partition coefficient (Wildman–Crippen LogP) is 1.83. The van der Waals surface area contributed by atoms with Crippen LogP contribution in [0.1, 0.15) is 18.4 Å². The van der Waals surface area contributed by atoms with Crippen LogP contribution >= 0.6 is 11.6 Å². The van der Waals surface area contributed by atoms with Crippen LogP contribution in [0.2, 0.25) is 5.02 Å². The Morgan fingerprint density at radius 1 is 1.19 bits per heavy atom. The lowest BCUT2D eigenvalue weighted by molar-refractivity contribution is -0.147. The van der Waals surface area contributed by atoms with E-state index in [-0.39, 0.29) is 18.1 Å². The van der Waals surface area contributed by atoms with Gasteiger partial charge in [0.25, 0.3) is 0 Å². The van der Waals surface area contributed by atoms with E-state index in [4.69, 9.17) is 16.3 Å². The molecule has 2 aliphatic rings. The van der Waals surface area contributed by atoms with Gasteiger partial charge in [-0.1, -0.05) is 23.7 Å². The molecule has 21 heavy (non-hydrogen) atoms. The van der Waals surface area contributed by atoms with E-state index >= 15 is 0 Å². The Balaban J connectivity index is 1.64. The number of carboxylic acid groups (broad SMARTS) is 1. The molecule has 6 heteroatoms. The highest BCUT2D eigenvalue weighted by atomic mass is 35.5. The highest BCUT2D eigenvalue weighted by molar-refractivity contribution is 6.30. The minimum absolute atomic E-state index is 0.246. The molecule has 4 atom stereocenters. The van der Waals surface area contributed by atoms with Crippen molar-refractivity contribution in [1.82, 2.24) is 5.32 Å². The summed E-state index contributed by atoms with van der Waals surface area (Å²) in [4.78, 5) is 23.7. The first-order valence-corrected chi connectivity index (χ1v) is 7.34. The Bertz CT molecular complexity index is 559. The fourth-order valence-corrected chi connectivity index (χ4v) is 3.36. The molecule has 5 nitrogen and oxygen atoms in total. The van der Waals surface area contributed by atoms with E-state index in [0.717, 1.165) is 18.4 Å². The number of aliphatic carboxylic acids is 1. The smallest absolute Gasteiger partial charge is 0.310 e. The van der Waals surface area contributed by atoms with Crippen LogP contribution in [0, 0.1) is 11.8 Å². The molecule has 0 aromatic heterocycles. The van der Waals surface area contributed by atoms with Gasteiger partial charge in [-0.05, 0) is 30.5 Å². The number of fused-ring (bicyclic) bond motifs is 2. The molecule has 0 unspecified atom stereocenters. The van der Waals surface area contributed by atoms with Gasteiger partial charge in [0.1, 0.15) is 0 Å². The monoisotopic (exact) mass is 309 g/mol. The van der Waals surface area contributed by atoms with Crippen LogP contribution in [0.3, 0.4) is 0 Å². The summed E-state index contributed by atoms with van der Waals surface area (Å²) in [6.07, 6.45) is 0.899. The van der Waals surface area contributed by atoms with E-state index in [9.17, 15) is 14.7 Å². The van der Waals surface area contributed by atoms with Crippen molar-refractivity contribution in [2.24, 2.45) is 11.8 Å². The molecule has 2 saturated heterocycles. The predicted molar refractivity (Wildman–Crippen MR) is 75.8 cm³/mol. The third-order valence-electron chi connectivity index (χ3n) is 4.24. The fraction of sp³-hybridized carbons (Fsp3) is 0.467. The second-order valence-electron chi connectivity index (χ2n) is 5.52. The number of halogens is 1. The van der Waals surface area contributed by atoms with Gasteiger partial charge >= 0.3 is 5.97 Å². The van der Waals surface area contributed by atoms with Gasteiger partial charge < -0.3 is 15.2 Å². The van der Waals surface area contributed by atoms with E-state index in [1.165, 1.54) is 0 Å². The molecule has 0 aliphatic carbocycles. The van der Waals surface area contributed by atoms with E-state index < -0.39 is 17.8 Å². The molecule has 2 bridgehead atoms. The molecule has 0 radical (unpaired) electrons. The number of hydrogen-bond acceptors (Lipinski definition) is 3. The Morgan fingerprint density at radius 3 is 2.43 bits per heavy atom. The molecule has 112 valence electrons. The average molecular weight is 310 g/mol. The fourth-order valence-electron chi connectivity index (χ4n) is 3.23. The number of ether oxygens (including phenoxy) is 1. The van der Waals surface area contributed by atoms with E-state index in [1.807, 2.05) is 12.1 Å². The number of carbonyl (C=O) groups excluding carboxylic acids is 1. The number of nitrogens with one attached hydrogen (secondary N) is 1. The molecule has 2 aliphatic heterocycles. The maximum absolute atomic E-state index is 12.3. The minimum atomic E-state index is -0.950. The maximum Gasteiger partial charge on any atom is 0.310 e. The lowest BCUT2D eigenvalue weighted by atomic mass is 9.78. The molecule has 1 aromatic rings. The van der Waals surface area contributed by atoms with E-state index in [1.54, 1.807) is 12.1 Å². The summed E-state index contributed by atoms with van der Waals surface area (Å²) >= 11 is 5.81. The Morgan fingerprint density at radius 2 is 1.81 bits per heavy atom. The Labute approximate surface area is 127 Å². The van der Waals surface area contributed by atoms with Crippen molar-refractivity contribution in [3.8, 4) is 0 Å². The van der Waals surface area contributed by atoms with Gasteiger partial charge in [0.05, 0.1) is 24.0 Å². The summed E-state index contributed by atoms with van der Waals surface area (Å²) in [5.74, 6) is -2.51. The zero-order valence-corrected chi connectivity index (χ0v) is 12.0. The second kappa shape index (κ2) is 5.66. The number of carboxylic acids is 1. The first-order valence-electron chi connectivity index (χ1n) is 6.96. The first-order chi connectivity index (χ1) is 10.1. The number of rotatable bonds is 4. The first kappa shape index (κ1) is 14.4. The van der Waals surface area contributed by atoms with Crippen LogP contribution in [0.4, 0.5) is 0 Å². The van der Waals surface area contributed by atoms with Crippen molar-refractivity contribution in [2.75, 3.05) is 0 Å². The zero-order valence-electron chi connectivity index (χ0n) is 11.3. The van der Waals surface area contributed by atoms with Gasteiger partial charge in [0, 0.05) is 11.6 Å². The molecule has 2 fully saturated rings. The van der Waals surface area contributed by atoms with Crippen LogP contribution < -0.4 is 5.32 Å². The van der Waals surface area contributed by atoms with E-state index in [2.05, 4.69) is 5.32 Å². The summed E-state index contributed by atoms with van der Waals surface area (Å²) in [7, 11) is 0. The van der Waals surface area contributed by atoms with Crippen molar-refractivity contribution < 1.29 is 19.4 Å². The summed E-state index contributed by atoms with van der Waals surface area (Å²) < 4.78 is 5.59. The Kier molecular flexibility index (Phi) is 3.87. The molecule has 1 aromatic carbocycles. The Hall–Kier alpha value is -1.59. The van der Waals surface area contributed by atoms with Crippen LogP contribution in [0.5, 0.6) is 0 Å². The molecular weight excluding hydrogens is 294 g/mol. The summed E-state index contributed by atoms with van der Waals surface area (Å²) in [5.41, 5.74) is 0.920. The molecule has 2 heterocycles. The van der Waals surface area contributed by atoms with Crippen molar-refractivity contribution in [2.45, 2.75) is 31.6 Å². The molecule has 3 rings (SSSR count). The van der Waals surface area contributed by atoms with Crippen LogP contribution in [0.15, 0.2) is 24.3 Å². The second-order valence-corrected chi connectivity index (χ2v) is 5.96. The van der Waals surface area contributed by atoms with Crippen molar-refractivity contribution in [3.05, 3.63) is 34.9 Å². The van der Waals surface area contributed by atoms with Gasteiger partial charge in [0.2, 0.25) is 5.91 Å². The quantitative estimate of drug-likeness (QED) is 0.890. The van der Waals surface area contributed by atoms with E-state index in [0.29, 0.717) is 11.6 Å². The van der Waals surface area contributed by atoms with Gasteiger partial charge in [0.15, 0.2) is 0 Å². The highest BCUT2D eigenvalue weighted by Crippen LogP contribution is 2.43. The molecule has 0 spiro atoms. The van der Waals surface area contributed by atoms with Crippen molar-refractivity contribution in [3.63, 3.8) is 0 Å². The summed E-state index contributed by atoms with van der Waals surface area (Å²) in [6.45, 7) is 0.357. The van der Waals surface area contributed by atoms with Gasteiger partial charge in [-0.25, -0.2) is 0 Å². The van der Waals surface area contributed by atoms with Gasteiger partial charge in [-0.15, -0.1) is 0 Å². The minimum Gasteiger partial charge on any atom is -0.481 e.